The van der Waals surface area contributed by atoms with Crippen molar-refractivity contribution in [3.8, 4) is 5.75 Å². The zero-order valence-electron chi connectivity index (χ0n) is 18.7. The van der Waals surface area contributed by atoms with Crippen LogP contribution < -0.4 is 5.32 Å². The van der Waals surface area contributed by atoms with Crippen LogP contribution in [0, 0.1) is 0 Å². The van der Waals surface area contributed by atoms with Gasteiger partial charge in [0, 0.05) is 13.3 Å². The van der Waals surface area contributed by atoms with Crippen molar-refractivity contribution >= 4 is 45.9 Å². The third-order valence-electron chi connectivity index (χ3n) is 4.99. The molecule has 18 heteroatoms. The van der Waals surface area contributed by atoms with Crippen LogP contribution in [0.5, 0.6) is 5.75 Å². The number of esters is 1. The molecule has 1 aromatic rings. The number of imide groups is 2. The molecule has 2 saturated heterocycles. The molecule has 2 aliphatic heterocycles. The number of aromatic hydroxyl groups is 1. The number of nitrogens with one attached hydrogen (secondary N) is 1. The number of rotatable bonds is 9. The number of hydrogen-bond donors (Lipinski definition) is 4. The van der Waals surface area contributed by atoms with E-state index < -0.39 is 86.8 Å². The van der Waals surface area contributed by atoms with E-state index in [-0.39, 0.29) is 12.2 Å². The highest BCUT2D eigenvalue weighted by Crippen LogP contribution is 2.32. The Labute approximate surface area is 207 Å². The van der Waals surface area contributed by atoms with Crippen LogP contribution in [-0.4, -0.2) is 87.5 Å². The molecule has 5 amide bonds. The predicted octanol–water partition coefficient (Wildman–Crippen LogP) is -2.38. The monoisotopic (exact) mass is 545 g/mol. The molecule has 0 saturated carbocycles. The highest BCUT2D eigenvalue weighted by Gasteiger charge is 2.60. The van der Waals surface area contributed by atoms with Gasteiger partial charge in [0.2, 0.25) is 5.91 Å². The van der Waals surface area contributed by atoms with Gasteiger partial charge in [0.15, 0.2) is 6.10 Å². The molecule has 3 atom stereocenters. The lowest BCUT2D eigenvalue weighted by molar-refractivity contribution is -0.211. The SMILES string of the molecule is CC(=O)NC(Cc1ccc(O)cc1)C(=O)OC1(OS(=O)(=O)OC2CC(=O)N(O)C2=O)CC(=O)N(O)C1=O. The van der Waals surface area contributed by atoms with Gasteiger partial charge in [-0.2, -0.15) is 22.7 Å². The first-order chi connectivity index (χ1) is 17.1. The number of carbonyl (C=O) groups is 6. The highest BCUT2D eigenvalue weighted by molar-refractivity contribution is 7.82. The van der Waals surface area contributed by atoms with Crippen LogP contribution in [0.2, 0.25) is 0 Å². The minimum Gasteiger partial charge on any atom is -0.508 e. The maximum Gasteiger partial charge on any atom is 0.404 e. The summed E-state index contributed by atoms with van der Waals surface area (Å²) in [6, 6.07) is 3.72. The van der Waals surface area contributed by atoms with E-state index in [0.29, 0.717) is 5.56 Å². The van der Waals surface area contributed by atoms with Crippen molar-refractivity contribution in [1.29, 1.82) is 0 Å². The summed E-state index contributed by atoms with van der Waals surface area (Å²) in [4.78, 5) is 72.2. The molecule has 17 nitrogen and oxygen atoms in total. The third kappa shape index (κ3) is 6.06. The molecule has 200 valence electrons. The van der Waals surface area contributed by atoms with E-state index in [9.17, 15) is 52.7 Å². The summed E-state index contributed by atoms with van der Waals surface area (Å²) in [5, 5.41) is 29.5. The Morgan fingerprint density at radius 3 is 2.22 bits per heavy atom. The average molecular weight is 545 g/mol. The molecule has 0 aromatic heterocycles. The molecule has 0 radical (unpaired) electrons. The Kier molecular flexibility index (Phi) is 7.60. The number of carbonyl (C=O) groups excluding carboxylic acids is 6. The largest absolute Gasteiger partial charge is 0.508 e. The van der Waals surface area contributed by atoms with E-state index in [1.807, 2.05) is 0 Å². The van der Waals surface area contributed by atoms with Crippen molar-refractivity contribution in [2.24, 2.45) is 0 Å². The lowest BCUT2D eigenvalue weighted by Crippen LogP contribution is -2.52. The van der Waals surface area contributed by atoms with Crippen LogP contribution in [0.15, 0.2) is 24.3 Å². The van der Waals surface area contributed by atoms with Crippen LogP contribution in [0.3, 0.4) is 0 Å². The van der Waals surface area contributed by atoms with E-state index in [1.165, 1.54) is 24.3 Å². The normalized spacial score (nSPS) is 22.9. The van der Waals surface area contributed by atoms with Gasteiger partial charge in [-0.3, -0.25) is 34.4 Å². The second-order valence-electron chi connectivity index (χ2n) is 7.81. The molecular weight excluding hydrogens is 526 g/mol. The van der Waals surface area contributed by atoms with Crippen molar-refractivity contribution in [2.75, 3.05) is 0 Å². The minimum absolute atomic E-state index is 0.107. The first-order valence-corrected chi connectivity index (χ1v) is 11.5. The van der Waals surface area contributed by atoms with E-state index in [1.54, 1.807) is 0 Å². The molecule has 3 rings (SSSR count). The van der Waals surface area contributed by atoms with Crippen LogP contribution >= 0.6 is 0 Å². The number of amides is 5. The van der Waals surface area contributed by atoms with Gasteiger partial charge >= 0.3 is 28.1 Å². The van der Waals surface area contributed by atoms with Crippen LogP contribution in [0.1, 0.15) is 25.3 Å². The van der Waals surface area contributed by atoms with Gasteiger partial charge in [-0.05, 0) is 17.7 Å². The molecule has 0 aliphatic carbocycles. The second-order valence-corrected chi connectivity index (χ2v) is 8.99. The Hall–Kier alpha value is -3.97. The van der Waals surface area contributed by atoms with Gasteiger partial charge in [0.1, 0.15) is 18.2 Å². The Morgan fingerprint density at radius 1 is 1.11 bits per heavy atom. The minimum atomic E-state index is -5.54. The van der Waals surface area contributed by atoms with Crippen LogP contribution in [-0.2, 0) is 58.7 Å². The van der Waals surface area contributed by atoms with E-state index >= 15 is 0 Å². The van der Waals surface area contributed by atoms with Gasteiger partial charge in [-0.1, -0.05) is 12.1 Å². The summed E-state index contributed by atoms with van der Waals surface area (Å²) in [5.41, 5.74) is 0.370. The summed E-state index contributed by atoms with van der Waals surface area (Å²) in [5.74, 6) is -11.7. The van der Waals surface area contributed by atoms with Gasteiger partial charge < -0.3 is 15.2 Å². The van der Waals surface area contributed by atoms with Gasteiger partial charge in [0.25, 0.3) is 17.7 Å². The quantitative estimate of drug-likeness (QED) is 0.110. The Balaban J connectivity index is 1.87. The first-order valence-electron chi connectivity index (χ1n) is 10.2. The second kappa shape index (κ2) is 10.2. The molecule has 2 fully saturated rings. The van der Waals surface area contributed by atoms with Crippen molar-refractivity contribution in [3.05, 3.63) is 29.8 Å². The molecule has 0 spiro atoms. The van der Waals surface area contributed by atoms with E-state index in [0.717, 1.165) is 6.92 Å². The molecular formula is C19H19N3O14S. The number of ether oxygens (including phenoxy) is 1. The number of phenolic OH excluding ortho intramolecular Hbond substituents is 1. The zero-order valence-corrected chi connectivity index (χ0v) is 19.5. The maximum absolute atomic E-state index is 12.9. The number of phenols is 1. The zero-order chi connectivity index (χ0) is 27.7. The first kappa shape index (κ1) is 27.6. The molecule has 37 heavy (non-hydrogen) atoms. The number of benzene rings is 1. The average Bonchev–Trinajstić information content (AvgIpc) is 3.15. The molecule has 2 heterocycles. The van der Waals surface area contributed by atoms with Gasteiger partial charge in [0.05, 0.1) is 6.42 Å². The summed E-state index contributed by atoms with van der Waals surface area (Å²) in [6.07, 6.45) is -4.68. The summed E-state index contributed by atoms with van der Waals surface area (Å²) < 4.78 is 38.8. The lowest BCUT2D eigenvalue weighted by Gasteiger charge is -2.27. The summed E-state index contributed by atoms with van der Waals surface area (Å²) in [7, 11) is -5.54. The molecule has 1 aromatic carbocycles. The summed E-state index contributed by atoms with van der Waals surface area (Å²) in [6.45, 7) is 1.03. The van der Waals surface area contributed by atoms with Gasteiger partial charge in [-0.25, -0.2) is 8.98 Å². The smallest absolute Gasteiger partial charge is 0.404 e. The number of nitrogens with zero attached hydrogens (tertiary/aromatic N) is 2. The summed E-state index contributed by atoms with van der Waals surface area (Å²) >= 11 is 0. The third-order valence-corrected chi connectivity index (χ3v) is 5.93. The molecule has 4 N–H and O–H groups in total. The standard InChI is InChI=1S/C19H19N3O14S/c1-9(23)20-12(6-10-2-4-11(24)5-3-10)17(28)34-19(8-15(26)22(31)18(19)29)36-37(32,33)35-13-7-14(25)21(30)16(13)27/h2-5,12-13,24,30-31H,6-8H2,1H3,(H,20,23). The predicted molar refractivity (Wildman–Crippen MR) is 110 cm³/mol. The van der Waals surface area contributed by atoms with Crippen LogP contribution in [0.4, 0.5) is 0 Å². The maximum atomic E-state index is 12.9. The van der Waals surface area contributed by atoms with E-state index in [4.69, 9.17) is 4.74 Å². The van der Waals surface area contributed by atoms with Crippen molar-refractivity contribution in [3.63, 3.8) is 0 Å². The number of hydrogen-bond acceptors (Lipinski definition) is 14. The van der Waals surface area contributed by atoms with Crippen molar-refractivity contribution in [1.82, 2.24) is 15.4 Å². The van der Waals surface area contributed by atoms with Gasteiger partial charge in [-0.15, -0.1) is 0 Å². The fourth-order valence-electron chi connectivity index (χ4n) is 3.32. The fourth-order valence-corrected chi connectivity index (χ4v) is 4.29. The van der Waals surface area contributed by atoms with Crippen molar-refractivity contribution < 1.29 is 65.8 Å². The Morgan fingerprint density at radius 2 is 1.73 bits per heavy atom. The van der Waals surface area contributed by atoms with E-state index in [2.05, 4.69) is 13.7 Å². The molecule has 0 bridgehead atoms. The number of hydroxylamine groups is 4. The Bertz CT molecular complexity index is 1260. The highest BCUT2D eigenvalue weighted by atomic mass is 32.3. The topological polar surface area (TPSA) is 243 Å². The lowest BCUT2D eigenvalue weighted by atomic mass is 10.1. The fraction of sp³-hybridized carbons (Fsp3) is 0.368. The van der Waals surface area contributed by atoms with Crippen LogP contribution in [0.25, 0.3) is 0 Å². The molecule has 3 unspecified atom stereocenters. The van der Waals surface area contributed by atoms with Crippen molar-refractivity contribution in [2.45, 2.75) is 44.1 Å². The molecule has 2 aliphatic rings.